The van der Waals surface area contributed by atoms with Gasteiger partial charge in [0.25, 0.3) is 0 Å². The van der Waals surface area contributed by atoms with E-state index in [0.717, 1.165) is 72.5 Å². The van der Waals surface area contributed by atoms with Crippen molar-refractivity contribution in [3.8, 4) is 17.2 Å². The molecule has 0 unspecified atom stereocenters. The number of ketones is 1. The smallest absolute Gasteiger partial charge is 0.192 e. The van der Waals surface area contributed by atoms with Crippen molar-refractivity contribution in [1.29, 1.82) is 0 Å². The molecule has 1 fully saturated rings. The molecule has 8 nitrogen and oxygen atoms in total. The van der Waals surface area contributed by atoms with Gasteiger partial charge in [-0.1, -0.05) is 62.1 Å². The van der Waals surface area contributed by atoms with Gasteiger partial charge in [-0.15, -0.1) is 0 Å². The zero-order valence-corrected chi connectivity index (χ0v) is 29.6. The number of methoxy groups -OCH3 is 1. The molecule has 0 bridgehead atoms. The number of benzene rings is 4. The van der Waals surface area contributed by atoms with Crippen LogP contribution in [0.1, 0.15) is 87.3 Å². The van der Waals surface area contributed by atoms with Crippen LogP contribution in [0.2, 0.25) is 0 Å². The van der Waals surface area contributed by atoms with E-state index >= 15 is 0 Å². The van der Waals surface area contributed by atoms with Crippen molar-refractivity contribution in [2.45, 2.75) is 96.2 Å². The number of nitrogens with two attached hydrogens (primary N) is 1. The van der Waals surface area contributed by atoms with E-state index in [2.05, 4.69) is 22.4 Å². The highest BCUT2D eigenvalue weighted by molar-refractivity contribution is 5.92. The Morgan fingerprint density at radius 3 is 2.46 bits per heavy atom. The van der Waals surface area contributed by atoms with Gasteiger partial charge in [0.15, 0.2) is 17.5 Å². The first-order valence-corrected chi connectivity index (χ1v) is 18.0. The molecule has 8 heteroatoms. The van der Waals surface area contributed by atoms with E-state index in [9.17, 15) is 15.0 Å². The van der Waals surface area contributed by atoms with Crippen LogP contribution in [0.3, 0.4) is 0 Å². The molecule has 0 heterocycles. The van der Waals surface area contributed by atoms with Crippen molar-refractivity contribution in [3.63, 3.8) is 0 Å². The van der Waals surface area contributed by atoms with Gasteiger partial charge in [0.1, 0.15) is 18.1 Å². The molecule has 5 N–H and O–H groups in total. The lowest BCUT2D eigenvalue weighted by atomic mass is 9.75. The van der Waals surface area contributed by atoms with Crippen molar-refractivity contribution in [1.82, 2.24) is 0 Å². The number of aromatic hydroxyl groups is 1. The lowest BCUT2D eigenvalue weighted by Gasteiger charge is -2.31. The third kappa shape index (κ3) is 10.7. The van der Waals surface area contributed by atoms with Crippen LogP contribution in [-0.2, 0) is 24.2 Å². The molecule has 266 valence electrons. The molecule has 0 saturated heterocycles. The summed E-state index contributed by atoms with van der Waals surface area (Å²) >= 11 is 0. The number of hydrogen-bond donors (Lipinski definition) is 4. The summed E-state index contributed by atoms with van der Waals surface area (Å²) in [6.45, 7) is 0.361. The van der Waals surface area contributed by atoms with Crippen molar-refractivity contribution >= 4 is 28.2 Å². The maximum atomic E-state index is 13.0. The number of nitrogens with one attached hydrogen (secondary N) is 1. The number of rotatable bonds is 18. The molecular weight excluding hydrogens is 626 g/mol. The van der Waals surface area contributed by atoms with Crippen LogP contribution in [0, 0.1) is 5.41 Å². The van der Waals surface area contributed by atoms with Crippen molar-refractivity contribution in [3.05, 3.63) is 95.6 Å². The molecular formula is C42H53N3O5. The van der Waals surface area contributed by atoms with Crippen molar-refractivity contribution in [2.75, 3.05) is 19.5 Å². The molecule has 1 saturated carbocycles. The Labute approximate surface area is 296 Å². The second-order valence-corrected chi connectivity index (χ2v) is 13.9. The Morgan fingerprint density at radius 1 is 0.900 bits per heavy atom. The Balaban J connectivity index is 1.06. The molecule has 0 aromatic heterocycles. The summed E-state index contributed by atoms with van der Waals surface area (Å²) in [5, 5.41) is 25.9. The summed E-state index contributed by atoms with van der Waals surface area (Å²) < 4.78 is 11.7. The number of carbonyl (C=O) groups excluding carboxylic acids is 1. The van der Waals surface area contributed by atoms with Gasteiger partial charge in [-0.25, -0.2) is 0 Å². The van der Waals surface area contributed by atoms with E-state index in [0.29, 0.717) is 43.3 Å². The highest BCUT2D eigenvalue weighted by Gasteiger charge is 2.35. The predicted molar refractivity (Wildman–Crippen MR) is 202 cm³/mol. The number of ether oxygens (including phenoxy) is 2. The Bertz CT molecular complexity index is 1750. The number of guanidine groups is 1. The summed E-state index contributed by atoms with van der Waals surface area (Å²) in [7, 11) is 3.28. The minimum atomic E-state index is -0.601. The van der Waals surface area contributed by atoms with Crippen LogP contribution in [0.4, 0.5) is 5.69 Å². The number of phenolic OH excluding ortho intramolecular Hbond substituents is 1. The van der Waals surface area contributed by atoms with E-state index in [1.54, 1.807) is 26.3 Å². The number of aliphatic imine (C=N–C) groups is 1. The van der Waals surface area contributed by atoms with Crippen LogP contribution in [0.25, 0.3) is 10.8 Å². The summed E-state index contributed by atoms with van der Waals surface area (Å²) in [5.41, 5.74) is 10.2. The molecule has 0 radical (unpaired) electrons. The quantitative estimate of drug-likeness (QED) is 0.0472. The fourth-order valence-electron chi connectivity index (χ4n) is 7.44. The number of nitrogens with zero attached hydrogens (tertiary/aromatic N) is 1. The number of aliphatic hydroxyl groups excluding tert-OH is 1. The number of unbranched alkanes of at least 4 members (excludes halogenated alkanes) is 2. The van der Waals surface area contributed by atoms with E-state index < -0.39 is 6.10 Å². The van der Waals surface area contributed by atoms with Gasteiger partial charge < -0.3 is 30.7 Å². The molecule has 0 spiro atoms. The van der Waals surface area contributed by atoms with Crippen molar-refractivity contribution < 1.29 is 24.5 Å². The number of phenols is 1. The Morgan fingerprint density at radius 2 is 1.66 bits per heavy atom. The third-order valence-electron chi connectivity index (χ3n) is 10.1. The van der Waals surface area contributed by atoms with Gasteiger partial charge in [0.05, 0.1) is 13.2 Å². The highest BCUT2D eigenvalue weighted by Crippen LogP contribution is 2.46. The number of aliphatic hydroxyl groups is 1. The summed E-state index contributed by atoms with van der Waals surface area (Å²) in [6.07, 6.45) is 11.5. The van der Waals surface area contributed by atoms with Crippen LogP contribution in [-0.4, -0.2) is 42.2 Å². The van der Waals surface area contributed by atoms with Gasteiger partial charge >= 0.3 is 0 Å². The fourth-order valence-corrected chi connectivity index (χ4v) is 7.44. The number of carbonyl (C=O) groups is 1. The van der Waals surface area contributed by atoms with Gasteiger partial charge in [-0.2, -0.15) is 0 Å². The van der Waals surface area contributed by atoms with E-state index in [1.807, 2.05) is 54.6 Å². The molecule has 4 aromatic carbocycles. The monoisotopic (exact) mass is 679 g/mol. The first-order valence-electron chi connectivity index (χ1n) is 18.0. The largest absolute Gasteiger partial charge is 0.508 e. The average Bonchev–Trinajstić information content (AvgIpc) is 3.57. The summed E-state index contributed by atoms with van der Waals surface area (Å²) in [5.74, 6) is 2.01. The number of Topliss-reactive ketones (excluding diaryl/α,β-unsaturated/α-hetero) is 1. The second kappa shape index (κ2) is 17.9. The SMILES string of the molecule is CN=C(N)Nc1cccc(CCCCCC2(C[C@H](O)CC(=O)CCc3ccc(OC)c(OCc4ccc5cc(O)ccc5c4)c3)CCCC2)c1. The second-order valence-electron chi connectivity index (χ2n) is 13.9. The Kier molecular flexibility index (Phi) is 13.1. The number of anilines is 1. The molecule has 0 amide bonds. The molecule has 1 atom stereocenters. The maximum Gasteiger partial charge on any atom is 0.192 e. The number of fused-ring (bicyclic) bond motifs is 1. The number of hydrogen-bond acceptors (Lipinski definition) is 6. The molecule has 0 aliphatic heterocycles. The molecule has 4 aromatic rings. The van der Waals surface area contributed by atoms with E-state index in [1.165, 1.54) is 18.4 Å². The zero-order valence-electron chi connectivity index (χ0n) is 29.6. The third-order valence-corrected chi connectivity index (χ3v) is 10.1. The maximum absolute atomic E-state index is 13.0. The first-order chi connectivity index (χ1) is 24.2. The average molecular weight is 680 g/mol. The summed E-state index contributed by atoms with van der Waals surface area (Å²) in [6, 6.07) is 25.4. The van der Waals surface area contributed by atoms with Gasteiger partial charge in [-0.3, -0.25) is 9.79 Å². The van der Waals surface area contributed by atoms with E-state index in [4.69, 9.17) is 15.2 Å². The number of aryl methyl sites for hydroxylation is 2. The minimum absolute atomic E-state index is 0.0924. The molecule has 1 aliphatic carbocycles. The van der Waals surface area contributed by atoms with E-state index in [-0.39, 0.29) is 23.4 Å². The van der Waals surface area contributed by atoms with Crippen LogP contribution in [0.15, 0.2) is 83.9 Å². The minimum Gasteiger partial charge on any atom is -0.508 e. The van der Waals surface area contributed by atoms with Gasteiger partial charge in [-0.05, 0) is 120 Å². The van der Waals surface area contributed by atoms with Gasteiger partial charge in [0.2, 0.25) is 0 Å². The zero-order chi connectivity index (χ0) is 35.3. The lowest BCUT2D eigenvalue weighted by molar-refractivity contribution is -0.121. The van der Waals surface area contributed by atoms with Crippen LogP contribution < -0.4 is 20.5 Å². The van der Waals surface area contributed by atoms with Crippen molar-refractivity contribution in [2.24, 2.45) is 16.1 Å². The summed E-state index contributed by atoms with van der Waals surface area (Å²) in [4.78, 5) is 17.0. The van der Waals surface area contributed by atoms with Crippen LogP contribution in [0.5, 0.6) is 17.2 Å². The molecule has 1 aliphatic rings. The highest BCUT2D eigenvalue weighted by atomic mass is 16.5. The fraction of sp³-hybridized carbons (Fsp3) is 0.429. The normalized spacial score (nSPS) is 14.8. The standard InChI is InChI=1S/C42H53N3O5/c1-44-41(43)45-35-11-8-10-30(24-35)9-4-3-5-20-42(21-6-7-22-42)28-38(48)27-37(47)17-13-31-14-19-39(49-2)40(25-31)50-29-32-12-15-34-26-36(46)18-16-33(34)23-32/h8,10-12,14-16,18-19,23-26,38,46,48H,3-7,9,13,17,20-22,27-29H2,1-2H3,(H3,43,44,45)/t38-/m1/s1. The lowest BCUT2D eigenvalue weighted by Crippen LogP contribution is -2.26. The molecule has 50 heavy (non-hydrogen) atoms. The predicted octanol–water partition coefficient (Wildman–Crippen LogP) is 8.50. The topological polar surface area (TPSA) is 126 Å². The Hall–Kier alpha value is -4.56. The molecule has 5 rings (SSSR count). The van der Waals surface area contributed by atoms with Crippen LogP contribution >= 0.6 is 0 Å². The van der Waals surface area contributed by atoms with Gasteiger partial charge in [0, 0.05) is 25.6 Å². The first kappa shape index (κ1) is 36.7.